The summed E-state index contributed by atoms with van der Waals surface area (Å²) in [4.78, 5) is 4.82. The summed E-state index contributed by atoms with van der Waals surface area (Å²) in [5, 5.41) is 14.9. The fourth-order valence-corrected chi connectivity index (χ4v) is 16.1. The third-order valence-electron chi connectivity index (χ3n) is 20.5. The smallest absolute Gasteiger partial charge is 0.0468 e. The van der Waals surface area contributed by atoms with Gasteiger partial charge in [-0.15, -0.1) is 0 Å². The second kappa shape index (κ2) is 20.6. The van der Waals surface area contributed by atoms with Gasteiger partial charge in [0.05, 0.1) is 0 Å². The first-order valence-corrected chi connectivity index (χ1v) is 32.3. The van der Waals surface area contributed by atoms with Gasteiger partial charge < -0.3 is 9.80 Å². The van der Waals surface area contributed by atoms with Crippen LogP contribution in [0.5, 0.6) is 0 Å². The number of para-hydroxylation sites is 2. The molecule has 0 radical (unpaired) electrons. The monoisotopic (exact) mass is 1170 g/mol. The minimum Gasteiger partial charge on any atom is -0.310 e. The Balaban J connectivity index is 0.753. The number of benzene rings is 16. The lowest BCUT2D eigenvalue weighted by Gasteiger charge is -2.28. The van der Waals surface area contributed by atoms with Crippen LogP contribution in [0.3, 0.4) is 0 Å². The summed E-state index contributed by atoms with van der Waals surface area (Å²) in [5.41, 5.74) is 24.4. The molecule has 0 amide bonds. The predicted molar refractivity (Wildman–Crippen MR) is 392 cm³/mol. The fraction of sp³-hybridized carbons (Fsp3) is 0.0667. The molecule has 2 heteroatoms. The summed E-state index contributed by atoms with van der Waals surface area (Å²) in [7, 11) is 0. The van der Waals surface area contributed by atoms with Gasteiger partial charge in [-0.3, -0.25) is 0 Å². The van der Waals surface area contributed by atoms with Crippen molar-refractivity contribution in [2.75, 3.05) is 9.80 Å². The van der Waals surface area contributed by atoms with Crippen LogP contribution in [0.4, 0.5) is 34.1 Å². The molecule has 0 N–H and O–H groups in total. The van der Waals surface area contributed by atoms with Crippen molar-refractivity contribution in [2.45, 2.75) is 38.5 Å². The summed E-state index contributed by atoms with van der Waals surface area (Å²) < 4.78 is 0. The van der Waals surface area contributed by atoms with Gasteiger partial charge in [0, 0.05) is 45.0 Å². The Morgan fingerprint density at radius 1 is 0.196 bits per heavy atom. The SMILES string of the molecule is CC1(C)c2cc(-c3c4ccccc4c(-c4c5ccccc5c(-c5ccc6c(c5)C(C)(C)c5cc(N(c7ccccc7)c7ccc8ccccc8c7)ccc5-6)c5ccccc45)c4ccccc34)ccc2-c2ccc(N(c3ccccc3)c3ccc4ccccc4c3)cc21. The van der Waals surface area contributed by atoms with Gasteiger partial charge in [-0.1, -0.05) is 258 Å². The van der Waals surface area contributed by atoms with Crippen LogP contribution in [0.25, 0.3) is 120 Å². The highest BCUT2D eigenvalue weighted by Crippen LogP contribution is 2.57. The van der Waals surface area contributed by atoms with Gasteiger partial charge in [-0.2, -0.15) is 0 Å². The van der Waals surface area contributed by atoms with E-state index >= 15 is 0 Å². The van der Waals surface area contributed by atoms with E-state index in [1.54, 1.807) is 0 Å². The highest BCUT2D eigenvalue weighted by molar-refractivity contribution is 6.30. The molecule has 2 aliphatic carbocycles. The van der Waals surface area contributed by atoms with Crippen molar-refractivity contribution in [3.05, 3.63) is 338 Å². The first-order chi connectivity index (χ1) is 45.2. The molecule has 0 bridgehead atoms. The highest BCUT2D eigenvalue weighted by Gasteiger charge is 2.39. The quantitative estimate of drug-likeness (QED) is 0.133. The topological polar surface area (TPSA) is 6.48 Å². The zero-order chi connectivity index (χ0) is 61.4. The number of nitrogens with zero attached hydrogens (tertiary/aromatic N) is 2. The molecule has 0 heterocycles. The molecule has 92 heavy (non-hydrogen) atoms. The van der Waals surface area contributed by atoms with Crippen molar-refractivity contribution in [3.63, 3.8) is 0 Å². The lowest BCUT2D eigenvalue weighted by Crippen LogP contribution is -2.16. The van der Waals surface area contributed by atoms with E-state index in [9.17, 15) is 0 Å². The maximum atomic E-state index is 2.52. The summed E-state index contributed by atoms with van der Waals surface area (Å²) >= 11 is 0. The molecule has 434 valence electrons. The first kappa shape index (κ1) is 53.7. The van der Waals surface area contributed by atoms with Gasteiger partial charge in [-0.05, 0) is 227 Å². The van der Waals surface area contributed by atoms with Crippen LogP contribution in [0.2, 0.25) is 0 Å². The number of fused-ring (bicyclic) bond motifs is 12. The molecule has 16 aromatic rings. The molecule has 0 atom stereocenters. The van der Waals surface area contributed by atoms with E-state index < -0.39 is 0 Å². The molecule has 16 aromatic carbocycles. The minimum atomic E-state index is -0.279. The average molecular weight is 1170 g/mol. The molecule has 2 aliphatic rings. The van der Waals surface area contributed by atoms with E-state index in [1.807, 2.05) is 0 Å². The summed E-state index contributed by atoms with van der Waals surface area (Å²) in [6, 6.07) is 118. The summed E-state index contributed by atoms with van der Waals surface area (Å²) in [6.45, 7) is 9.66. The lowest BCUT2D eigenvalue weighted by molar-refractivity contribution is 0.660. The van der Waals surface area contributed by atoms with E-state index in [-0.39, 0.29) is 10.8 Å². The minimum absolute atomic E-state index is 0.279. The van der Waals surface area contributed by atoms with E-state index in [1.165, 1.54) is 143 Å². The van der Waals surface area contributed by atoms with Crippen LogP contribution < -0.4 is 9.80 Å². The zero-order valence-electron chi connectivity index (χ0n) is 51.9. The van der Waals surface area contributed by atoms with E-state index in [0.717, 1.165) is 34.1 Å². The number of rotatable bonds is 9. The van der Waals surface area contributed by atoms with Crippen LogP contribution in [-0.2, 0) is 10.8 Å². The van der Waals surface area contributed by atoms with Crippen LogP contribution >= 0.6 is 0 Å². The summed E-state index contributed by atoms with van der Waals surface area (Å²) in [6.07, 6.45) is 0. The Hall–Kier alpha value is -11.3. The fourth-order valence-electron chi connectivity index (χ4n) is 16.1. The Kier molecular flexibility index (Phi) is 12.0. The predicted octanol–water partition coefficient (Wildman–Crippen LogP) is 25.2. The zero-order valence-corrected chi connectivity index (χ0v) is 51.9. The Morgan fingerprint density at radius 2 is 0.457 bits per heavy atom. The van der Waals surface area contributed by atoms with Crippen molar-refractivity contribution in [1.29, 1.82) is 0 Å². The second-order valence-electron chi connectivity index (χ2n) is 26.3. The molecule has 18 rings (SSSR count). The lowest BCUT2D eigenvalue weighted by atomic mass is 9.78. The first-order valence-electron chi connectivity index (χ1n) is 32.3. The van der Waals surface area contributed by atoms with Crippen LogP contribution in [0.1, 0.15) is 49.9 Å². The van der Waals surface area contributed by atoms with Crippen molar-refractivity contribution in [2.24, 2.45) is 0 Å². The molecular weight excluding hydrogens is 1110 g/mol. The number of hydrogen-bond acceptors (Lipinski definition) is 2. The van der Waals surface area contributed by atoms with Crippen molar-refractivity contribution >= 4 is 98.8 Å². The maximum Gasteiger partial charge on any atom is 0.0468 e. The van der Waals surface area contributed by atoms with Gasteiger partial charge >= 0.3 is 0 Å². The third-order valence-corrected chi connectivity index (χ3v) is 20.5. The third kappa shape index (κ3) is 8.20. The maximum absolute atomic E-state index is 2.52. The standard InChI is InChI=1S/C90H64N2/c1-89(2)81-53-61(41-47-69(81)71-49-45-67(55-83(71)89)91(63-27-7-5-8-28-63)65-43-39-57-23-11-13-25-59(57)51-65)85-73-31-15-19-35-77(73)87(78-36-20-16-32-74(78)85)88-79-37-21-17-33-75(79)86(76-34-18-22-38-80(76)88)62-42-48-70-72-50-46-68(56-84(72)90(3,4)82(70)54-62)92(64-29-9-6-10-30-64)66-44-40-58-24-12-14-26-60(58)52-66/h5-56H,1-4H3. The van der Waals surface area contributed by atoms with Crippen molar-refractivity contribution in [1.82, 2.24) is 0 Å². The Bertz CT molecular complexity index is 5250. The molecule has 0 saturated heterocycles. The average Bonchev–Trinajstić information content (AvgIpc) is 0.970. The Morgan fingerprint density at radius 3 is 0.804 bits per heavy atom. The number of hydrogen-bond donors (Lipinski definition) is 0. The Labute approximate surface area is 537 Å². The molecule has 0 unspecified atom stereocenters. The van der Waals surface area contributed by atoms with Gasteiger partial charge in [0.15, 0.2) is 0 Å². The molecule has 2 nitrogen and oxygen atoms in total. The molecule has 0 aliphatic heterocycles. The van der Waals surface area contributed by atoms with Gasteiger partial charge in [0.25, 0.3) is 0 Å². The van der Waals surface area contributed by atoms with E-state index in [2.05, 4.69) is 353 Å². The molecule has 0 aromatic heterocycles. The number of anilines is 6. The van der Waals surface area contributed by atoms with Crippen LogP contribution in [0, 0.1) is 0 Å². The van der Waals surface area contributed by atoms with Crippen LogP contribution in [-0.4, -0.2) is 0 Å². The second-order valence-corrected chi connectivity index (χ2v) is 26.3. The van der Waals surface area contributed by atoms with Gasteiger partial charge in [0.1, 0.15) is 0 Å². The van der Waals surface area contributed by atoms with Crippen molar-refractivity contribution in [3.8, 4) is 55.6 Å². The van der Waals surface area contributed by atoms with Gasteiger partial charge in [0.2, 0.25) is 0 Å². The normalized spacial score (nSPS) is 13.4. The summed E-state index contributed by atoms with van der Waals surface area (Å²) in [5.74, 6) is 0. The highest BCUT2D eigenvalue weighted by atomic mass is 15.1. The van der Waals surface area contributed by atoms with E-state index in [0.29, 0.717) is 0 Å². The van der Waals surface area contributed by atoms with Gasteiger partial charge in [-0.25, -0.2) is 0 Å². The molecule has 0 saturated carbocycles. The molecule has 0 spiro atoms. The van der Waals surface area contributed by atoms with E-state index in [4.69, 9.17) is 0 Å². The largest absolute Gasteiger partial charge is 0.310 e. The molecule has 0 fully saturated rings. The van der Waals surface area contributed by atoms with Crippen molar-refractivity contribution < 1.29 is 0 Å². The van der Waals surface area contributed by atoms with Crippen LogP contribution in [0.15, 0.2) is 315 Å². The molecular formula is C90H64N2.